The Morgan fingerprint density at radius 2 is 1.17 bits per heavy atom. The lowest BCUT2D eigenvalue weighted by atomic mass is 10.0. The third-order valence-corrected chi connectivity index (χ3v) is 11.8. The maximum absolute atomic E-state index is 13.5. The van der Waals surface area contributed by atoms with Gasteiger partial charge in [-0.05, 0) is 25.0 Å². The Morgan fingerprint density at radius 3 is 1.69 bits per heavy atom. The summed E-state index contributed by atoms with van der Waals surface area (Å²) in [6.45, 7) is 8.24. The Balaban J connectivity index is 0.00000353. The summed E-state index contributed by atoms with van der Waals surface area (Å²) in [7, 11) is -2.67. The average molecular weight is 615 g/mol. The summed E-state index contributed by atoms with van der Waals surface area (Å²) in [5, 5.41) is 11.5. The van der Waals surface area contributed by atoms with Crippen LogP contribution in [0.1, 0.15) is 28.8 Å². The van der Waals surface area contributed by atoms with Crippen molar-refractivity contribution in [1.82, 2.24) is 14.2 Å². The van der Waals surface area contributed by atoms with Crippen molar-refractivity contribution in [2.24, 2.45) is 0 Å². The van der Waals surface area contributed by atoms with Gasteiger partial charge < -0.3 is 23.8 Å². The van der Waals surface area contributed by atoms with Crippen LogP contribution in [-0.4, -0.2) is 99.1 Å². The van der Waals surface area contributed by atoms with Crippen molar-refractivity contribution in [3.63, 3.8) is 0 Å². The molecule has 2 aromatic rings. The first-order valence-corrected chi connectivity index (χ1v) is 16.3. The van der Waals surface area contributed by atoms with Crippen LogP contribution >= 0.6 is 19.8 Å². The van der Waals surface area contributed by atoms with Gasteiger partial charge in [-0.1, -0.05) is 48.5 Å². The molecule has 42 heavy (non-hydrogen) atoms. The lowest BCUT2D eigenvalue weighted by molar-refractivity contribution is 0.0532. The van der Waals surface area contributed by atoms with Crippen LogP contribution in [0.4, 0.5) is 0 Å². The van der Waals surface area contributed by atoms with E-state index in [0.717, 1.165) is 62.5 Å². The van der Waals surface area contributed by atoms with Gasteiger partial charge in [-0.15, -0.1) is 12.4 Å². The number of morpholine rings is 3. The van der Waals surface area contributed by atoms with E-state index in [-0.39, 0.29) is 18.4 Å². The Labute approximate surface area is 254 Å². The minimum Gasteiger partial charge on any atom is -0.422 e. The molecular weight excluding hydrogens is 575 g/mol. The van der Waals surface area contributed by atoms with Crippen LogP contribution in [0.2, 0.25) is 0 Å². The molecule has 3 heterocycles. The molecule has 0 aromatic heterocycles. The van der Waals surface area contributed by atoms with E-state index >= 15 is 0 Å². The van der Waals surface area contributed by atoms with Crippen LogP contribution in [0.15, 0.2) is 77.2 Å². The highest BCUT2D eigenvalue weighted by atomic mass is 35.5. The highest BCUT2D eigenvalue weighted by Gasteiger charge is 2.44. The molecule has 3 fully saturated rings. The summed E-state index contributed by atoms with van der Waals surface area (Å²) < 4.78 is 28.3. The summed E-state index contributed by atoms with van der Waals surface area (Å²) in [4.78, 5) is 15.8. The molecule has 226 valence electrons. The van der Waals surface area contributed by atoms with E-state index in [4.69, 9.17) is 18.9 Å². The van der Waals surface area contributed by atoms with Crippen LogP contribution < -0.4 is 0 Å². The highest BCUT2D eigenvalue weighted by molar-refractivity contribution is 7.64. The van der Waals surface area contributed by atoms with Gasteiger partial charge in [0.2, 0.25) is 0 Å². The van der Waals surface area contributed by atoms with E-state index in [1.54, 1.807) is 12.1 Å². The second-order valence-electron chi connectivity index (χ2n) is 10.6. The quantitative estimate of drug-likeness (QED) is 0.256. The van der Waals surface area contributed by atoms with Crippen molar-refractivity contribution in [2.45, 2.75) is 12.8 Å². The topological polar surface area (TPSA) is 87.6 Å². The van der Waals surface area contributed by atoms with Crippen LogP contribution in [-0.2, 0) is 18.9 Å². The summed E-state index contributed by atoms with van der Waals surface area (Å²) >= 11 is 0. The first-order chi connectivity index (χ1) is 20.2. The first-order valence-electron chi connectivity index (χ1n) is 14.6. The number of carbonyl (C=O) groups is 1. The third kappa shape index (κ3) is 6.38. The Kier molecular flexibility index (Phi) is 10.6. The SMILES string of the molecule is Cl.N=P(C1=C(N2CCOCC2)C(=C(OC(=O)c2ccccc2)c2ccccc2)CC1)(N1CCOCC1)N1CCOCC1. The maximum atomic E-state index is 13.5. The predicted octanol–water partition coefficient (Wildman–Crippen LogP) is 5.29. The zero-order valence-electron chi connectivity index (χ0n) is 23.9. The summed E-state index contributed by atoms with van der Waals surface area (Å²) in [5.41, 5.74) is 3.47. The number of esters is 1. The molecule has 0 atom stereocenters. The monoisotopic (exact) mass is 614 g/mol. The maximum Gasteiger partial charge on any atom is 0.343 e. The number of benzene rings is 2. The summed E-state index contributed by atoms with van der Waals surface area (Å²) in [6, 6.07) is 19.1. The molecule has 0 bridgehead atoms. The third-order valence-electron chi connectivity index (χ3n) is 8.18. The van der Waals surface area contributed by atoms with Crippen LogP contribution in [0.3, 0.4) is 0 Å². The minimum atomic E-state index is -2.67. The van der Waals surface area contributed by atoms with E-state index < -0.39 is 7.36 Å². The number of rotatable bonds is 7. The number of ether oxygens (including phenoxy) is 4. The molecule has 11 heteroatoms. The lowest BCUT2D eigenvalue weighted by Gasteiger charge is -2.47. The fourth-order valence-electron chi connectivity index (χ4n) is 6.16. The number of nitrogens with zero attached hydrogens (tertiary/aromatic N) is 3. The first kappa shape index (κ1) is 31.0. The minimum absolute atomic E-state index is 0. The molecule has 4 aliphatic rings. The highest BCUT2D eigenvalue weighted by Crippen LogP contribution is 2.66. The molecule has 1 N–H and O–H groups in total. The van der Waals surface area contributed by atoms with Crippen molar-refractivity contribution < 1.29 is 23.7 Å². The second-order valence-corrected chi connectivity index (χ2v) is 13.4. The molecule has 9 nitrogen and oxygen atoms in total. The van der Waals surface area contributed by atoms with Gasteiger partial charge in [0.05, 0.1) is 50.9 Å². The molecule has 3 aliphatic heterocycles. The number of carbonyl (C=O) groups excluding carboxylic acids is 1. The van der Waals surface area contributed by atoms with E-state index in [0.29, 0.717) is 57.4 Å². The summed E-state index contributed by atoms with van der Waals surface area (Å²) in [5.74, 6) is 0.214. The normalized spacial score (nSPS) is 22.0. The van der Waals surface area contributed by atoms with Gasteiger partial charge in [-0.2, -0.15) is 0 Å². The van der Waals surface area contributed by atoms with Crippen molar-refractivity contribution in [1.29, 1.82) is 5.16 Å². The van der Waals surface area contributed by atoms with Gasteiger partial charge in [0, 0.05) is 55.7 Å². The van der Waals surface area contributed by atoms with E-state index in [1.807, 2.05) is 48.5 Å². The van der Waals surface area contributed by atoms with E-state index in [9.17, 15) is 9.96 Å². The number of halogens is 1. The molecule has 2 aromatic carbocycles. The van der Waals surface area contributed by atoms with Gasteiger partial charge in [-0.3, -0.25) is 14.5 Å². The Bertz CT molecular complexity index is 1300. The number of hydrogen-bond donors (Lipinski definition) is 1. The van der Waals surface area contributed by atoms with Crippen LogP contribution in [0.25, 0.3) is 5.76 Å². The Morgan fingerprint density at radius 1 is 0.690 bits per heavy atom. The summed E-state index contributed by atoms with van der Waals surface area (Å²) in [6.07, 6.45) is 1.47. The molecular formula is C31H40ClN4O5P. The van der Waals surface area contributed by atoms with Gasteiger partial charge in [0.25, 0.3) is 0 Å². The largest absolute Gasteiger partial charge is 0.422 e. The van der Waals surface area contributed by atoms with Crippen LogP contribution in [0.5, 0.6) is 0 Å². The number of allylic oxidation sites excluding steroid dienone is 2. The molecule has 1 aliphatic carbocycles. The predicted molar refractivity (Wildman–Crippen MR) is 166 cm³/mol. The molecule has 0 radical (unpaired) electrons. The fourth-order valence-corrected chi connectivity index (χ4v) is 9.68. The van der Waals surface area contributed by atoms with Gasteiger partial charge in [0.1, 0.15) is 13.1 Å². The molecule has 0 spiro atoms. The van der Waals surface area contributed by atoms with Gasteiger partial charge >= 0.3 is 5.97 Å². The second kappa shape index (κ2) is 14.3. The van der Waals surface area contributed by atoms with Crippen molar-refractivity contribution in [2.75, 3.05) is 78.9 Å². The lowest BCUT2D eigenvalue weighted by Crippen LogP contribution is -2.44. The van der Waals surface area contributed by atoms with Gasteiger partial charge in [0.15, 0.2) is 0 Å². The Hall–Kier alpha value is -2.49. The van der Waals surface area contributed by atoms with E-state index in [1.165, 1.54) is 5.31 Å². The molecule has 0 amide bonds. The fraction of sp³-hybridized carbons (Fsp3) is 0.452. The van der Waals surface area contributed by atoms with Gasteiger partial charge in [-0.25, -0.2) is 4.79 Å². The molecule has 6 rings (SSSR count). The number of nitrogens with one attached hydrogen (secondary N) is 1. The van der Waals surface area contributed by atoms with Crippen molar-refractivity contribution in [3.8, 4) is 0 Å². The zero-order valence-corrected chi connectivity index (χ0v) is 25.6. The van der Waals surface area contributed by atoms with E-state index in [2.05, 4.69) is 14.2 Å². The molecule has 0 unspecified atom stereocenters. The molecule has 0 saturated carbocycles. The zero-order chi connectivity index (χ0) is 28.1. The average Bonchev–Trinajstić information content (AvgIpc) is 3.50. The van der Waals surface area contributed by atoms with Crippen LogP contribution in [0, 0.1) is 5.16 Å². The smallest absolute Gasteiger partial charge is 0.343 e. The number of hydrogen-bond acceptors (Lipinski definition) is 7. The van der Waals surface area contributed by atoms with Crippen molar-refractivity contribution >= 4 is 31.5 Å². The van der Waals surface area contributed by atoms with Crippen molar-refractivity contribution in [3.05, 3.63) is 88.4 Å². The molecule has 3 saturated heterocycles. The standard InChI is InChI=1S/C31H39N4O5P.ClH/c32-41(34-15-21-38-22-16-34,35-17-23-39-24-18-35)28-12-11-27(29(28)33-13-19-37-20-14-33)30(25-7-3-1-4-8-25)40-31(36)26-9-5-2-6-10-26;/h1-10,32H,11-24H2;1H.